The average Bonchev–Trinajstić information content (AvgIpc) is 2.68. The van der Waals surface area contributed by atoms with Crippen molar-refractivity contribution in [1.82, 2.24) is 0 Å². The molecule has 1 aromatic carbocycles. The van der Waals surface area contributed by atoms with Crippen molar-refractivity contribution in [2.24, 2.45) is 0 Å². The summed E-state index contributed by atoms with van der Waals surface area (Å²) in [5, 5.41) is 0. The number of ether oxygens (including phenoxy) is 1. The molecule has 0 amide bonds. The van der Waals surface area contributed by atoms with Crippen LogP contribution in [0, 0.1) is 5.82 Å². The molecule has 0 spiro atoms. The molecule has 0 unspecified atom stereocenters. The molecule has 6 heteroatoms. The number of benzene rings is 1. The molecule has 2 rings (SSSR count). The number of ketones is 1. The summed E-state index contributed by atoms with van der Waals surface area (Å²) in [5.41, 5.74) is 0.263. The fourth-order valence-corrected chi connectivity index (χ4v) is 3.07. The first-order chi connectivity index (χ1) is 8.52. The summed E-state index contributed by atoms with van der Waals surface area (Å²) in [6.07, 6.45) is 0. The van der Waals surface area contributed by atoms with E-state index in [1.165, 1.54) is 19.2 Å². The molecule has 1 aromatic heterocycles. The van der Waals surface area contributed by atoms with Gasteiger partial charge >= 0.3 is 0 Å². The zero-order valence-electron chi connectivity index (χ0n) is 9.17. The number of hydrogen-bond donors (Lipinski definition) is 0. The van der Waals surface area contributed by atoms with E-state index in [4.69, 9.17) is 16.3 Å². The van der Waals surface area contributed by atoms with Gasteiger partial charge < -0.3 is 4.74 Å². The molecule has 0 atom stereocenters. The fourth-order valence-electron chi connectivity index (χ4n) is 1.41. The Morgan fingerprint density at radius 1 is 1.44 bits per heavy atom. The number of methoxy groups -OCH3 is 1. The van der Waals surface area contributed by atoms with Crippen LogP contribution in [0.15, 0.2) is 28.7 Å². The van der Waals surface area contributed by atoms with Gasteiger partial charge in [-0.3, -0.25) is 4.79 Å². The van der Waals surface area contributed by atoms with Crippen LogP contribution in [0.3, 0.4) is 0 Å². The predicted octanol–water partition coefficient (Wildman–Crippen LogP) is 4.54. The Hall–Kier alpha value is -0.910. The summed E-state index contributed by atoms with van der Waals surface area (Å²) < 4.78 is 19.4. The zero-order valence-corrected chi connectivity index (χ0v) is 12.3. The second kappa shape index (κ2) is 5.38. The SMILES string of the molecule is COc1ccc(C(=O)c2cc(Br)c(Cl)s2)cc1F. The highest BCUT2D eigenvalue weighted by Gasteiger charge is 2.16. The van der Waals surface area contributed by atoms with E-state index >= 15 is 0 Å². The van der Waals surface area contributed by atoms with Crippen LogP contribution in [0.5, 0.6) is 5.75 Å². The predicted molar refractivity (Wildman–Crippen MR) is 73.4 cm³/mol. The van der Waals surface area contributed by atoms with Gasteiger partial charge in [0.1, 0.15) is 4.34 Å². The van der Waals surface area contributed by atoms with Crippen LogP contribution in [-0.2, 0) is 0 Å². The molecule has 0 saturated heterocycles. The van der Waals surface area contributed by atoms with Gasteiger partial charge in [0.25, 0.3) is 0 Å². The van der Waals surface area contributed by atoms with Crippen LogP contribution >= 0.6 is 38.9 Å². The monoisotopic (exact) mass is 348 g/mol. The minimum atomic E-state index is -0.565. The van der Waals surface area contributed by atoms with Crippen molar-refractivity contribution in [1.29, 1.82) is 0 Å². The van der Waals surface area contributed by atoms with Crippen LogP contribution in [0.2, 0.25) is 4.34 Å². The zero-order chi connectivity index (χ0) is 13.3. The van der Waals surface area contributed by atoms with Crippen molar-refractivity contribution >= 4 is 44.7 Å². The molecular formula is C12H7BrClFO2S. The standard InChI is InChI=1S/C12H7BrClFO2S/c1-17-9-3-2-6(4-8(9)15)11(16)10-5-7(13)12(14)18-10/h2-5H,1H3. The lowest BCUT2D eigenvalue weighted by molar-refractivity contribution is 0.104. The van der Waals surface area contributed by atoms with Gasteiger partial charge in [-0.25, -0.2) is 4.39 Å². The van der Waals surface area contributed by atoms with Crippen LogP contribution in [0.25, 0.3) is 0 Å². The van der Waals surface area contributed by atoms with Crippen LogP contribution in [0.1, 0.15) is 15.2 Å². The van der Waals surface area contributed by atoms with E-state index < -0.39 is 5.82 Å². The minimum Gasteiger partial charge on any atom is -0.494 e. The average molecular weight is 350 g/mol. The first kappa shape index (κ1) is 13.5. The number of carbonyl (C=O) groups is 1. The summed E-state index contributed by atoms with van der Waals surface area (Å²) in [7, 11) is 1.37. The maximum atomic E-state index is 13.5. The van der Waals surface area contributed by atoms with Gasteiger partial charge in [0.2, 0.25) is 5.78 Å². The van der Waals surface area contributed by atoms with Gasteiger partial charge in [-0.05, 0) is 40.2 Å². The molecule has 0 aliphatic rings. The van der Waals surface area contributed by atoms with Gasteiger partial charge in [-0.1, -0.05) is 11.6 Å². The second-order valence-electron chi connectivity index (χ2n) is 3.41. The van der Waals surface area contributed by atoms with Gasteiger partial charge in [0.15, 0.2) is 11.6 Å². The Labute approximate surface area is 120 Å². The minimum absolute atomic E-state index is 0.108. The number of rotatable bonds is 3. The Kier molecular flexibility index (Phi) is 4.04. The molecule has 0 N–H and O–H groups in total. The van der Waals surface area contributed by atoms with Crippen molar-refractivity contribution in [2.45, 2.75) is 0 Å². The Balaban J connectivity index is 2.37. The lowest BCUT2D eigenvalue weighted by Crippen LogP contribution is -2.00. The third-order valence-corrected chi connectivity index (χ3v) is 4.76. The third-order valence-electron chi connectivity index (χ3n) is 2.28. The van der Waals surface area contributed by atoms with E-state index in [1.807, 2.05) is 0 Å². The van der Waals surface area contributed by atoms with E-state index in [-0.39, 0.29) is 17.1 Å². The number of thiophene rings is 1. The first-order valence-corrected chi connectivity index (χ1v) is 6.84. The van der Waals surface area contributed by atoms with Crippen molar-refractivity contribution in [3.63, 3.8) is 0 Å². The number of carbonyl (C=O) groups excluding carboxylic acids is 1. The molecular weight excluding hydrogens is 343 g/mol. The Morgan fingerprint density at radius 2 is 2.17 bits per heavy atom. The van der Waals surface area contributed by atoms with Gasteiger partial charge in [-0.15, -0.1) is 11.3 Å². The van der Waals surface area contributed by atoms with E-state index in [0.717, 1.165) is 17.4 Å². The lowest BCUT2D eigenvalue weighted by atomic mass is 10.1. The molecule has 0 bridgehead atoms. The molecule has 0 aliphatic heterocycles. The summed E-state index contributed by atoms with van der Waals surface area (Å²) in [6, 6.07) is 5.72. The van der Waals surface area contributed by atoms with Crippen molar-refractivity contribution in [2.75, 3.05) is 7.11 Å². The third kappa shape index (κ3) is 2.58. The number of hydrogen-bond acceptors (Lipinski definition) is 3. The Bertz CT molecular complexity index is 593. The molecule has 0 aliphatic carbocycles. The van der Waals surface area contributed by atoms with E-state index in [2.05, 4.69) is 15.9 Å². The van der Waals surface area contributed by atoms with Gasteiger partial charge in [0, 0.05) is 10.0 Å². The maximum Gasteiger partial charge on any atom is 0.203 e. The van der Waals surface area contributed by atoms with Crippen LogP contribution in [0.4, 0.5) is 4.39 Å². The van der Waals surface area contributed by atoms with Crippen molar-refractivity contribution < 1.29 is 13.9 Å². The Morgan fingerprint density at radius 3 is 2.67 bits per heavy atom. The van der Waals surface area contributed by atoms with E-state index in [9.17, 15) is 9.18 Å². The molecule has 94 valence electrons. The summed E-state index contributed by atoms with van der Waals surface area (Å²) in [5.74, 6) is -0.726. The lowest BCUT2D eigenvalue weighted by Gasteiger charge is -2.03. The van der Waals surface area contributed by atoms with E-state index in [0.29, 0.717) is 13.7 Å². The normalized spacial score (nSPS) is 10.4. The highest BCUT2D eigenvalue weighted by molar-refractivity contribution is 9.10. The van der Waals surface area contributed by atoms with E-state index in [1.54, 1.807) is 6.07 Å². The van der Waals surface area contributed by atoms with Crippen LogP contribution in [-0.4, -0.2) is 12.9 Å². The molecule has 2 aromatic rings. The summed E-state index contributed by atoms with van der Waals surface area (Å²) >= 11 is 10.2. The highest BCUT2D eigenvalue weighted by atomic mass is 79.9. The largest absolute Gasteiger partial charge is 0.494 e. The molecule has 0 radical (unpaired) electrons. The number of halogens is 3. The maximum absolute atomic E-state index is 13.5. The quantitative estimate of drug-likeness (QED) is 0.760. The smallest absolute Gasteiger partial charge is 0.203 e. The fraction of sp³-hybridized carbons (Fsp3) is 0.0833. The molecule has 1 heterocycles. The summed E-state index contributed by atoms with van der Waals surface area (Å²) in [4.78, 5) is 12.5. The highest BCUT2D eigenvalue weighted by Crippen LogP contribution is 2.33. The molecule has 0 fully saturated rings. The van der Waals surface area contributed by atoms with Crippen molar-refractivity contribution in [3.8, 4) is 5.75 Å². The van der Waals surface area contributed by atoms with Crippen molar-refractivity contribution in [3.05, 3.63) is 49.3 Å². The molecule has 2 nitrogen and oxygen atoms in total. The summed E-state index contributed by atoms with van der Waals surface area (Å²) in [6.45, 7) is 0. The second-order valence-corrected chi connectivity index (χ2v) is 5.92. The molecule has 18 heavy (non-hydrogen) atoms. The topological polar surface area (TPSA) is 26.3 Å². The molecule has 0 saturated carbocycles. The first-order valence-electron chi connectivity index (χ1n) is 4.86. The van der Waals surface area contributed by atoms with Gasteiger partial charge in [-0.2, -0.15) is 0 Å². The van der Waals surface area contributed by atoms with Gasteiger partial charge in [0.05, 0.1) is 12.0 Å². The van der Waals surface area contributed by atoms with Crippen LogP contribution < -0.4 is 4.74 Å².